The van der Waals surface area contributed by atoms with E-state index in [0.29, 0.717) is 76.2 Å². The Morgan fingerprint density at radius 2 is 1.76 bits per heavy atom. The van der Waals surface area contributed by atoms with Crippen molar-refractivity contribution in [2.75, 3.05) is 66.4 Å². The summed E-state index contributed by atoms with van der Waals surface area (Å²) in [6.07, 6.45) is 7.57. The molecule has 1 aliphatic rings. The third-order valence-corrected chi connectivity index (χ3v) is 8.19. The lowest BCUT2D eigenvalue weighted by Gasteiger charge is -2.17. The summed E-state index contributed by atoms with van der Waals surface area (Å²) in [4.78, 5) is 31.9. The van der Waals surface area contributed by atoms with Crippen LogP contribution in [0.5, 0.6) is 5.75 Å². The predicted molar refractivity (Wildman–Crippen MR) is 190 cm³/mol. The van der Waals surface area contributed by atoms with Gasteiger partial charge in [-0.1, -0.05) is 6.07 Å². The number of amides is 2. The molecule has 1 aliphatic heterocycles. The van der Waals surface area contributed by atoms with Crippen LogP contribution in [0.15, 0.2) is 76.8 Å². The zero-order valence-corrected chi connectivity index (χ0v) is 28.5. The summed E-state index contributed by atoms with van der Waals surface area (Å²) in [6.45, 7) is 2.98. The summed E-state index contributed by atoms with van der Waals surface area (Å²) in [5, 5.41) is 13.2. The first kappa shape index (κ1) is 37.3. The number of benzene rings is 1. The Morgan fingerprint density at radius 1 is 1.02 bits per heavy atom. The summed E-state index contributed by atoms with van der Waals surface area (Å²) in [6, 6.07) is 16.9. The molecule has 1 aromatic carbocycles. The predicted octanol–water partition coefficient (Wildman–Crippen LogP) is 4.40. The Kier molecular flexibility index (Phi) is 15.8. The molecule has 0 saturated heterocycles. The van der Waals surface area contributed by atoms with E-state index in [4.69, 9.17) is 24.2 Å². The van der Waals surface area contributed by atoms with E-state index in [9.17, 15) is 13.9 Å². The Hall–Kier alpha value is -4.55. The van der Waals surface area contributed by atoms with Gasteiger partial charge >= 0.3 is 7.69 Å². The lowest BCUT2D eigenvalue weighted by atomic mass is 10.1. The van der Waals surface area contributed by atoms with E-state index in [1.165, 1.54) is 4.90 Å². The molecule has 0 bridgehead atoms. The number of carbonyl (C=O) groups excluding carboxylic acids is 2. The van der Waals surface area contributed by atoms with Crippen molar-refractivity contribution in [3.8, 4) is 23.1 Å². The van der Waals surface area contributed by atoms with Crippen molar-refractivity contribution >= 4 is 42.6 Å². The van der Waals surface area contributed by atoms with E-state index in [-0.39, 0.29) is 25.0 Å². The molecular formula is C35H41BFN5O6S. The highest BCUT2D eigenvalue weighted by atomic mass is 32.1. The smallest absolute Gasteiger partial charge is 0.448 e. The molecule has 14 heteroatoms. The average molecular weight is 690 g/mol. The number of aliphatic imine (C=N–C) groups is 1. The SMILES string of the molecule is CN(CC(=O)NCCCOCCOCCOCCCC#N)C(=O)COc1ccc(-c2ccc(/C=C3/C=CC(c4cccs4)=N3)n2BF)cc1. The normalized spacial score (nSPS) is 12.9. The zero-order valence-electron chi connectivity index (χ0n) is 27.6. The van der Waals surface area contributed by atoms with Gasteiger partial charge in [-0.3, -0.25) is 9.59 Å². The van der Waals surface area contributed by atoms with Crippen LogP contribution < -0.4 is 10.1 Å². The summed E-state index contributed by atoms with van der Waals surface area (Å²) in [7, 11) is 0.842. The number of ether oxygens (including phenoxy) is 4. The van der Waals surface area contributed by atoms with Crippen LogP contribution in [-0.4, -0.2) is 101 Å². The largest absolute Gasteiger partial charge is 0.484 e. The molecule has 3 aromatic rings. The molecule has 0 aliphatic carbocycles. The second-order valence-electron chi connectivity index (χ2n) is 10.9. The maximum absolute atomic E-state index is 14.2. The van der Waals surface area contributed by atoms with Crippen molar-refractivity contribution in [1.82, 2.24) is 14.7 Å². The maximum Gasteiger partial charge on any atom is 0.448 e. The highest BCUT2D eigenvalue weighted by Gasteiger charge is 2.15. The number of unbranched alkanes of at least 4 members (excludes halogenated alkanes) is 1. The molecule has 0 unspecified atom stereocenters. The molecular weight excluding hydrogens is 648 g/mol. The number of hydrogen-bond acceptors (Lipinski definition) is 9. The highest BCUT2D eigenvalue weighted by molar-refractivity contribution is 7.12. The number of nitrogens with one attached hydrogen (secondary N) is 1. The molecule has 49 heavy (non-hydrogen) atoms. The second kappa shape index (κ2) is 20.7. The first-order chi connectivity index (χ1) is 24.0. The minimum atomic E-state index is -0.702. The number of nitrogens with zero attached hydrogens (tertiary/aromatic N) is 4. The number of rotatable bonds is 22. The molecule has 258 valence electrons. The molecule has 0 saturated carbocycles. The number of nitriles is 1. The maximum atomic E-state index is 14.2. The zero-order chi connectivity index (χ0) is 34.7. The van der Waals surface area contributed by atoms with Crippen LogP contribution in [0.25, 0.3) is 17.3 Å². The summed E-state index contributed by atoms with van der Waals surface area (Å²) < 4.78 is 37.6. The quantitative estimate of drug-likeness (QED) is 0.122. The van der Waals surface area contributed by atoms with E-state index in [1.807, 2.05) is 60.0 Å². The fraction of sp³-hybridized carbons (Fsp3) is 0.371. The molecule has 4 rings (SSSR count). The molecule has 0 atom stereocenters. The van der Waals surface area contributed by atoms with Gasteiger partial charge < -0.3 is 38.0 Å². The topological polar surface area (TPSA) is 127 Å². The molecule has 3 heterocycles. The third kappa shape index (κ3) is 12.4. The fourth-order valence-corrected chi connectivity index (χ4v) is 5.40. The molecule has 1 N–H and O–H groups in total. The number of allylic oxidation sites excluding steroid dienone is 2. The summed E-state index contributed by atoms with van der Waals surface area (Å²) in [5.41, 5.74) is 3.84. The van der Waals surface area contributed by atoms with Gasteiger partial charge in [0.15, 0.2) is 6.61 Å². The molecule has 0 radical (unpaired) electrons. The molecule has 0 fully saturated rings. The Morgan fingerprint density at radius 3 is 2.45 bits per heavy atom. The van der Waals surface area contributed by atoms with Crippen LogP contribution in [0.2, 0.25) is 0 Å². The van der Waals surface area contributed by atoms with Crippen LogP contribution in [0.3, 0.4) is 0 Å². The minimum Gasteiger partial charge on any atom is -0.484 e. The first-order valence-corrected chi connectivity index (χ1v) is 17.0. The van der Waals surface area contributed by atoms with Gasteiger partial charge in [0.25, 0.3) is 5.91 Å². The summed E-state index contributed by atoms with van der Waals surface area (Å²) in [5.74, 6) is -0.138. The highest BCUT2D eigenvalue weighted by Crippen LogP contribution is 2.27. The third-order valence-electron chi connectivity index (χ3n) is 7.29. The van der Waals surface area contributed by atoms with Gasteiger partial charge in [-0.2, -0.15) is 5.26 Å². The second-order valence-corrected chi connectivity index (χ2v) is 11.9. The Labute approximate surface area is 290 Å². The standard InChI is InChI=1S/C35H41BFN5O6S/c1-41(25-34(43)39-16-5-18-46-20-22-47-21-19-45-17-3-2-15-38)35(44)26-48-30-11-7-27(8-12-30)32-14-10-29(42(32)36-37)24-28-9-13-31(40-28)33-6-4-23-49-33/h4,6-14,23-24,36H,2-3,5,16-22,25-26H2,1H3,(H,39,43)/b28-24-. The van der Waals surface area contributed by atoms with Gasteiger partial charge in [0, 0.05) is 44.6 Å². The number of hydrogen-bond donors (Lipinski definition) is 1. The van der Waals surface area contributed by atoms with Crippen molar-refractivity contribution in [2.45, 2.75) is 19.3 Å². The first-order valence-electron chi connectivity index (χ1n) is 16.1. The van der Waals surface area contributed by atoms with Crippen molar-refractivity contribution in [3.05, 3.63) is 82.3 Å². The number of carbonyl (C=O) groups is 2. The van der Waals surface area contributed by atoms with Crippen LogP contribution in [0.4, 0.5) is 4.32 Å². The molecule has 0 spiro atoms. The van der Waals surface area contributed by atoms with Gasteiger partial charge in [0.05, 0.1) is 55.3 Å². The van der Waals surface area contributed by atoms with Gasteiger partial charge in [-0.05, 0) is 84.5 Å². The van der Waals surface area contributed by atoms with E-state index < -0.39 is 7.69 Å². The van der Waals surface area contributed by atoms with Crippen molar-refractivity contribution in [3.63, 3.8) is 0 Å². The van der Waals surface area contributed by atoms with Crippen molar-refractivity contribution in [1.29, 1.82) is 5.26 Å². The van der Waals surface area contributed by atoms with Crippen LogP contribution in [0.1, 0.15) is 29.8 Å². The molecule has 2 amide bonds. The van der Waals surface area contributed by atoms with Crippen molar-refractivity contribution in [2.24, 2.45) is 4.99 Å². The van der Waals surface area contributed by atoms with Gasteiger partial charge in [0.1, 0.15) is 5.75 Å². The van der Waals surface area contributed by atoms with E-state index in [2.05, 4.69) is 16.4 Å². The van der Waals surface area contributed by atoms with Gasteiger partial charge in [-0.25, -0.2) is 4.99 Å². The molecule has 11 nitrogen and oxygen atoms in total. The van der Waals surface area contributed by atoms with Crippen molar-refractivity contribution < 1.29 is 32.9 Å². The van der Waals surface area contributed by atoms with Crippen LogP contribution in [-0.2, 0) is 23.8 Å². The lowest BCUT2D eigenvalue weighted by Crippen LogP contribution is -2.40. The van der Waals surface area contributed by atoms with Crippen LogP contribution in [0, 0.1) is 11.3 Å². The number of thiophene rings is 1. The lowest BCUT2D eigenvalue weighted by molar-refractivity contribution is -0.136. The van der Waals surface area contributed by atoms with E-state index in [0.717, 1.165) is 28.3 Å². The number of likely N-dealkylation sites (N-methyl/N-ethyl adjacent to an activating group) is 1. The Balaban J connectivity index is 1.11. The number of halogens is 1. The van der Waals surface area contributed by atoms with Crippen LogP contribution >= 0.6 is 11.3 Å². The summed E-state index contributed by atoms with van der Waals surface area (Å²) >= 11 is 1.62. The minimum absolute atomic E-state index is 0.0937. The Bertz CT molecular complexity index is 1620. The monoisotopic (exact) mass is 689 g/mol. The average Bonchev–Trinajstić information content (AvgIpc) is 3.89. The van der Waals surface area contributed by atoms with Gasteiger partial charge in [-0.15, -0.1) is 11.3 Å². The number of aromatic nitrogens is 1. The fourth-order valence-electron chi connectivity index (χ4n) is 4.70. The van der Waals surface area contributed by atoms with E-state index in [1.54, 1.807) is 35.0 Å². The van der Waals surface area contributed by atoms with E-state index >= 15 is 0 Å². The molecule has 2 aromatic heterocycles. The van der Waals surface area contributed by atoms with Gasteiger partial charge in [0.2, 0.25) is 5.91 Å².